The quantitative estimate of drug-likeness (QED) is 0.359. The monoisotopic (exact) mass is 432 g/mol. The largest absolute Gasteiger partial charge is 0.345 e. The van der Waals surface area contributed by atoms with Crippen molar-refractivity contribution in [3.63, 3.8) is 0 Å². The third kappa shape index (κ3) is 4.55. The summed E-state index contributed by atoms with van der Waals surface area (Å²) < 4.78 is 0. The van der Waals surface area contributed by atoms with E-state index in [9.17, 15) is 9.59 Å². The van der Waals surface area contributed by atoms with E-state index >= 15 is 0 Å². The molecule has 0 aromatic heterocycles. The van der Waals surface area contributed by atoms with Crippen molar-refractivity contribution in [2.24, 2.45) is 0 Å². The molecule has 4 heteroatoms. The second-order valence-electron chi connectivity index (χ2n) is 8.26. The number of carbonyl (C=O) groups excluding carboxylic acids is 2. The Morgan fingerprint density at radius 2 is 1.39 bits per heavy atom. The number of benzene rings is 4. The van der Waals surface area contributed by atoms with Crippen LogP contribution in [0, 0.1) is 0 Å². The Morgan fingerprint density at radius 1 is 0.727 bits per heavy atom. The number of nitrogens with one attached hydrogen (secondary N) is 2. The highest BCUT2D eigenvalue weighted by atomic mass is 16.2. The molecule has 33 heavy (non-hydrogen) atoms. The minimum Gasteiger partial charge on any atom is -0.345 e. The van der Waals surface area contributed by atoms with E-state index in [0.29, 0.717) is 5.56 Å². The Morgan fingerprint density at radius 3 is 2.18 bits per heavy atom. The molecule has 1 atom stereocenters. The lowest BCUT2D eigenvalue weighted by molar-refractivity contribution is -0.116. The maximum absolute atomic E-state index is 13.0. The van der Waals surface area contributed by atoms with Crippen LogP contribution in [0.3, 0.4) is 0 Å². The lowest BCUT2D eigenvalue weighted by Crippen LogP contribution is -2.31. The summed E-state index contributed by atoms with van der Waals surface area (Å²) in [7, 11) is 0. The lowest BCUT2D eigenvalue weighted by atomic mass is 10.0. The number of amides is 2. The fourth-order valence-electron chi connectivity index (χ4n) is 4.37. The van der Waals surface area contributed by atoms with Crippen molar-refractivity contribution >= 4 is 17.5 Å². The van der Waals surface area contributed by atoms with E-state index in [2.05, 4.69) is 34.9 Å². The van der Waals surface area contributed by atoms with E-state index < -0.39 is 6.04 Å². The zero-order valence-electron chi connectivity index (χ0n) is 18.1. The van der Waals surface area contributed by atoms with Crippen LogP contribution < -0.4 is 10.6 Å². The van der Waals surface area contributed by atoms with Gasteiger partial charge in [0, 0.05) is 11.3 Å². The lowest BCUT2D eigenvalue weighted by Gasteiger charge is -2.19. The average Bonchev–Trinajstić information content (AvgIpc) is 3.23. The van der Waals surface area contributed by atoms with Gasteiger partial charge in [-0.15, -0.1) is 0 Å². The Hall–Kier alpha value is -4.18. The van der Waals surface area contributed by atoms with Crippen molar-refractivity contribution in [3.05, 3.63) is 125 Å². The van der Waals surface area contributed by atoms with Crippen molar-refractivity contribution in [2.45, 2.75) is 18.9 Å². The number of hydrogen-bond acceptors (Lipinski definition) is 2. The molecule has 162 valence electrons. The minimum absolute atomic E-state index is 0.135. The van der Waals surface area contributed by atoms with Gasteiger partial charge in [0.2, 0.25) is 5.91 Å². The molecule has 0 saturated carbocycles. The normalized spacial score (nSPS) is 12.4. The zero-order chi connectivity index (χ0) is 22.6. The summed E-state index contributed by atoms with van der Waals surface area (Å²) in [5, 5.41) is 6.05. The predicted molar refractivity (Wildman–Crippen MR) is 131 cm³/mol. The first-order valence-electron chi connectivity index (χ1n) is 11.1. The molecule has 0 heterocycles. The molecule has 0 radical (unpaired) electrons. The fraction of sp³-hybridized carbons (Fsp3) is 0.103. The van der Waals surface area contributed by atoms with Gasteiger partial charge in [-0.25, -0.2) is 0 Å². The number of carbonyl (C=O) groups is 2. The first kappa shape index (κ1) is 20.7. The molecule has 5 rings (SSSR count). The van der Waals surface area contributed by atoms with Crippen molar-refractivity contribution < 1.29 is 9.59 Å². The van der Waals surface area contributed by atoms with Gasteiger partial charge in [0.25, 0.3) is 5.91 Å². The molecular formula is C29H24N2O2. The molecular weight excluding hydrogens is 408 g/mol. The first-order valence-corrected chi connectivity index (χ1v) is 11.1. The van der Waals surface area contributed by atoms with Crippen molar-refractivity contribution in [1.29, 1.82) is 0 Å². The van der Waals surface area contributed by atoms with Crippen LogP contribution in [0.25, 0.3) is 11.1 Å². The summed E-state index contributed by atoms with van der Waals surface area (Å²) in [6.45, 7) is 0. The van der Waals surface area contributed by atoms with E-state index in [1.807, 2.05) is 66.7 Å². The molecule has 4 aromatic rings. The van der Waals surface area contributed by atoms with Gasteiger partial charge in [0.1, 0.15) is 0 Å². The second kappa shape index (κ2) is 9.13. The van der Waals surface area contributed by atoms with Crippen LogP contribution in [-0.2, 0) is 11.2 Å². The maximum Gasteiger partial charge on any atom is 0.251 e. The van der Waals surface area contributed by atoms with Gasteiger partial charge in [-0.2, -0.15) is 0 Å². The molecule has 0 unspecified atom stereocenters. The fourth-order valence-corrected chi connectivity index (χ4v) is 4.37. The third-order valence-electron chi connectivity index (χ3n) is 6.01. The van der Waals surface area contributed by atoms with Gasteiger partial charge >= 0.3 is 0 Å². The maximum atomic E-state index is 13.0. The van der Waals surface area contributed by atoms with Crippen molar-refractivity contribution in [3.8, 4) is 11.1 Å². The van der Waals surface area contributed by atoms with E-state index in [0.717, 1.165) is 17.7 Å². The van der Waals surface area contributed by atoms with E-state index in [1.54, 1.807) is 12.1 Å². The molecule has 4 aromatic carbocycles. The average molecular weight is 433 g/mol. The number of fused-ring (bicyclic) bond motifs is 3. The smallest absolute Gasteiger partial charge is 0.251 e. The van der Waals surface area contributed by atoms with E-state index in [-0.39, 0.29) is 18.2 Å². The summed E-state index contributed by atoms with van der Waals surface area (Å²) in [6.07, 6.45) is 1.05. The molecule has 1 aliphatic carbocycles. The standard InChI is InChI=1S/C29H24N2O2/c32-28(30-24-16-15-23-17-22-13-7-8-14-25(22)26(23)18-24)19-27(20-9-3-1-4-10-20)31-29(33)21-11-5-2-6-12-21/h1-16,18,27H,17,19H2,(H,30,32)(H,31,33)/t27-/m1/s1. The SMILES string of the molecule is O=C(C[C@@H](NC(=O)c1ccccc1)c1ccccc1)Nc1ccc2c(c1)-c1ccccc1C2. The number of anilines is 1. The molecule has 0 bridgehead atoms. The Labute approximate surface area is 193 Å². The van der Waals surface area contributed by atoms with Gasteiger partial charge in [0.15, 0.2) is 0 Å². The van der Waals surface area contributed by atoms with E-state index in [1.165, 1.54) is 22.3 Å². The number of hydrogen-bond donors (Lipinski definition) is 2. The molecule has 1 aliphatic rings. The van der Waals surface area contributed by atoms with Crippen LogP contribution in [0.2, 0.25) is 0 Å². The summed E-state index contributed by atoms with van der Waals surface area (Å²) in [5.74, 6) is -0.352. The predicted octanol–water partition coefficient (Wildman–Crippen LogP) is 5.76. The topological polar surface area (TPSA) is 58.2 Å². The van der Waals surface area contributed by atoms with Crippen LogP contribution in [0.15, 0.2) is 103 Å². The number of rotatable bonds is 6. The molecule has 2 amide bonds. The van der Waals surface area contributed by atoms with Crippen LogP contribution in [0.4, 0.5) is 5.69 Å². The van der Waals surface area contributed by atoms with Gasteiger partial charge in [-0.3, -0.25) is 9.59 Å². The highest BCUT2D eigenvalue weighted by Crippen LogP contribution is 2.37. The summed E-state index contributed by atoms with van der Waals surface area (Å²) in [6, 6.07) is 32.6. The molecule has 0 spiro atoms. The molecule has 0 saturated heterocycles. The van der Waals surface area contributed by atoms with Crippen LogP contribution >= 0.6 is 0 Å². The van der Waals surface area contributed by atoms with Crippen molar-refractivity contribution in [1.82, 2.24) is 5.32 Å². The Balaban J connectivity index is 1.33. The third-order valence-corrected chi connectivity index (χ3v) is 6.01. The summed E-state index contributed by atoms with van der Waals surface area (Å²) in [5.41, 5.74) is 7.18. The summed E-state index contributed by atoms with van der Waals surface area (Å²) >= 11 is 0. The highest BCUT2D eigenvalue weighted by molar-refractivity contribution is 5.96. The second-order valence-corrected chi connectivity index (χ2v) is 8.26. The minimum atomic E-state index is -0.436. The zero-order valence-corrected chi connectivity index (χ0v) is 18.1. The molecule has 0 fully saturated rings. The molecule has 4 nitrogen and oxygen atoms in total. The van der Waals surface area contributed by atoms with Crippen LogP contribution in [-0.4, -0.2) is 11.8 Å². The van der Waals surface area contributed by atoms with Gasteiger partial charge in [0.05, 0.1) is 12.5 Å². The van der Waals surface area contributed by atoms with Crippen LogP contribution in [0.5, 0.6) is 0 Å². The van der Waals surface area contributed by atoms with E-state index in [4.69, 9.17) is 0 Å². The summed E-state index contributed by atoms with van der Waals surface area (Å²) in [4.78, 5) is 25.8. The highest BCUT2D eigenvalue weighted by Gasteiger charge is 2.21. The first-order chi connectivity index (χ1) is 16.2. The Kier molecular flexibility index (Phi) is 5.73. The van der Waals surface area contributed by atoms with Gasteiger partial charge in [-0.1, -0.05) is 78.9 Å². The van der Waals surface area contributed by atoms with Gasteiger partial charge < -0.3 is 10.6 Å². The Bertz CT molecular complexity index is 1300. The van der Waals surface area contributed by atoms with Crippen LogP contribution in [0.1, 0.15) is 39.5 Å². The molecule has 0 aliphatic heterocycles. The van der Waals surface area contributed by atoms with Gasteiger partial charge in [-0.05, 0) is 58.5 Å². The van der Waals surface area contributed by atoms with Crippen molar-refractivity contribution in [2.75, 3.05) is 5.32 Å². The molecule has 2 N–H and O–H groups in total.